The van der Waals surface area contributed by atoms with E-state index in [9.17, 15) is 0 Å². The molecule has 60 valence electrons. The third kappa shape index (κ3) is 2.57. The molecular weight excluding hydrogens is 184 g/mol. The Morgan fingerprint density at radius 2 is 2.30 bits per heavy atom. The molecular formula is C6H13OS3+. The fraction of sp³-hybridized carbons (Fsp3) is 1.00. The Morgan fingerprint density at radius 1 is 1.50 bits per heavy atom. The van der Waals surface area contributed by atoms with Crippen LogP contribution in [-0.2, 0) is 15.6 Å². The molecule has 4 heteroatoms. The van der Waals surface area contributed by atoms with Crippen molar-refractivity contribution in [1.29, 1.82) is 0 Å². The molecule has 0 spiro atoms. The van der Waals surface area contributed by atoms with Crippen LogP contribution in [0.15, 0.2) is 0 Å². The maximum atomic E-state index is 5.39. The molecule has 0 radical (unpaired) electrons. The van der Waals surface area contributed by atoms with Crippen molar-refractivity contribution < 1.29 is 4.74 Å². The van der Waals surface area contributed by atoms with Gasteiger partial charge in [-0.3, -0.25) is 0 Å². The molecule has 1 fully saturated rings. The van der Waals surface area contributed by atoms with Crippen LogP contribution < -0.4 is 0 Å². The Morgan fingerprint density at radius 3 is 2.90 bits per heavy atom. The highest BCUT2D eigenvalue weighted by molar-refractivity contribution is 8.07. The van der Waals surface area contributed by atoms with Gasteiger partial charge in [0, 0.05) is 16.8 Å². The summed E-state index contributed by atoms with van der Waals surface area (Å²) in [6.07, 6.45) is 0. The van der Waals surface area contributed by atoms with Gasteiger partial charge in [-0.15, -0.1) is 12.6 Å². The highest BCUT2D eigenvalue weighted by atomic mass is 32.2. The first-order valence-electron chi connectivity index (χ1n) is 3.30. The zero-order valence-electron chi connectivity index (χ0n) is 5.82. The van der Waals surface area contributed by atoms with Crippen LogP contribution in [0.3, 0.4) is 0 Å². The fourth-order valence-electron chi connectivity index (χ4n) is 0.958. The summed E-state index contributed by atoms with van der Waals surface area (Å²) in [6.45, 7) is 0.904. The van der Waals surface area contributed by atoms with Crippen LogP contribution in [0, 0.1) is 5.92 Å². The average molecular weight is 197 g/mol. The van der Waals surface area contributed by atoms with Gasteiger partial charge in [-0.2, -0.15) is 12.6 Å². The lowest BCUT2D eigenvalue weighted by Crippen LogP contribution is -2.32. The number of hydrogen-bond donors (Lipinski definition) is 2. The van der Waals surface area contributed by atoms with Gasteiger partial charge in [0.2, 0.25) is 5.94 Å². The summed E-state index contributed by atoms with van der Waals surface area (Å²) in [5.41, 5.74) is 0. The molecule has 1 nitrogen and oxygen atoms in total. The van der Waals surface area contributed by atoms with Crippen molar-refractivity contribution in [1.82, 2.24) is 0 Å². The largest absolute Gasteiger partial charge is 0.335 e. The predicted octanol–water partition coefficient (Wildman–Crippen LogP) is 1.03. The Bertz CT molecular complexity index is 89.0. The van der Waals surface area contributed by atoms with E-state index >= 15 is 0 Å². The second-order valence-corrected chi connectivity index (χ2v) is 5.64. The fourth-order valence-corrected chi connectivity index (χ4v) is 3.40. The van der Waals surface area contributed by atoms with Gasteiger partial charge in [-0.05, 0) is 5.75 Å². The van der Waals surface area contributed by atoms with Crippen molar-refractivity contribution in [2.24, 2.45) is 5.92 Å². The molecule has 0 N–H and O–H groups in total. The normalized spacial score (nSPS) is 34.2. The molecule has 1 aliphatic heterocycles. The van der Waals surface area contributed by atoms with E-state index in [4.69, 9.17) is 4.74 Å². The Kier molecular flexibility index (Phi) is 4.37. The monoisotopic (exact) mass is 197 g/mol. The Balaban J connectivity index is 2.25. The minimum absolute atomic E-state index is 0.412. The summed E-state index contributed by atoms with van der Waals surface area (Å²) >= 11 is 8.49. The van der Waals surface area contributed by atoms with E-state index in [1.807, 2.05) is 0 Å². The molecule has 10 heavy (non-hydrogen) atoms. The van der Waals surface area contributed by atoms with E-state index in [0.717, 1.165) is 23.4 Å². The highest BCUT2D eigenvalue weighted by Gasteiger charge is 2.27. The van der Waals surface area contributed by atoms with Crippen molar-refractivity contribution in [3.63, 3.8) is 0 Å². The topological polar surface area (TPSA) is 9.23 Å². The summed E-state index contributed by atoms with van der Waals surface area (Å²) in [7, 11) is 0.412. The molecule has 1 rings (SSSR count). The molecule has 0 saturated carbocycles. The van der Waals surface area contributed by atoms with Crippen LogP contribution in [0.2, 0.25) is 0 Å². The third-order valence-corrected chi connectivity index (χ3v) is 4.94. The lowest BCUT2D eigenvalue weighted by molar-refractivity contribution is 0.144. The summed E-state index contributed by atoms with van der Waals surface area (Å²) in [4.78, 5) is 0. The van der Waals surface area contributed by atoms with Gasteiger partial charge in [-0.25, -0.2) is 0 Å². The van der Waals surface area contributed by atoms with Gasteiger partial charge < -0.3 is 4.74 Å². The van der Waals surface area contributed by atoms with Crippen molar-refractivity contribution in [2.75, 3.05) is 29.1 Å². The first-order chi connectivity index (χ1) is 4.86. The minimum Gasteiger partial charge on any atom is -0.335 e. The number of rotatable bonds is 2. The zero-order chi connectivity index (χ0) is 7.40. The van der Waals surface area contributed by atoms with Gasteiger partial charge in [0.15, 0.2) is 5.08 Å². The van der Waals surface area contributed by atoms with Crippen LogP contribution >= 0.6 is 25.3 Å². The van der Waals surface area contributed by atoms with E-state index in [1.54, 1.807) is 0 Å². The van der Waals surface area contributed by atoms with E-state index in [1.165, 1.54) is 5.75 Å². The molecule has 2 atom stereocenters. The maximum Gasteiger partial charge on any atom is 0.208 e. The second kappa shape index (κ2) is 4.80. The summed E-state index contributed by atoms with van der Waals surface area (Å²) in [5.74, 6) is 3.82. The lowest BCUT2D eigenvalue weighted by Gasteiger charge is -2.19. The third-order valence-electron chi connectivity index (χ3n) is 1.52. The standard InChI is InChI=1S/C6H12OS3/c8-2-6-1-7-4-10(3-6)5-9/h6H,1-5H2,(H-,8,9)/p+1. The molecule has 0 aliphatic carbocycles. The van der Waals surface area contributed by atoms with Gasteiger partial charge in [0.1, 0.15) is 5.75 Å². The van der Waals surface area contributed by atoms with Gasteiger partial charge in [0.25, 0.3) is 0 Å². The van der Waals surface area contributed by atoms with Crippen LogP contribution in [0.5, 0.6) is 0 Å². The highest BCUT2D eigenvalue weighted by Crippen LogP contribution is 2.15. The maximum absolute atomic E-state index is 5.39. The van der Waals surface area contributed by atoms with Crippen LogP contribution in [0.4, 0.5) is 0 Å². The van der Waals surface area contributed by atoms with Crippen LogP contribution in [0.25, 0.3) is 0 Å². The van der Waals surface area contributed by atoms with Gasteiger partial charge in [0.05, 0.1) is 6.61 Å². The van der Waals surface area contributed by atoms with Crippen molar-refractivity contribution >= 4 is 36.2 Å². The molecule has 2 unspecified atom stereocenters. The Hall–Kier alpha value is 1.01. The molecule has 1 heterocycles. The summed E-state index contributed by atoms with van der Waals surface area (Å²) in [5, 5.41) is 0.976. The predicted molar refractivity (Wildman–Crippen MR) is 54.2 cm³/mol. The van der Waals surface area contributed by atoms with E-state index in [0.29, 0.717) is 16.8 Å². The minimum atomic E-state index is 0.412. The van der Waals surface area contributed by atoms with Crippen molar-refractivity contribution in [3.05, 3.63) is 0 Å². The first-order valence-corrected chi connectivity index (χ1v) is 6.30. The van der Waals surface area contributed by atoms with E-state index in [-0.39, 0.29) is 0 Å². The van der Waals surface area contributed by atoms with Gasteiger partial charge >= 0.3 is 0 Å². The zero-order valence-corrected chi connectivity index (χ0v) is 8.43. The summed E-state index contributed by atoms with van der Waals surface area (Å²) in [6, 6.07) is 0. The SMILES string of the molecule is SCC1COC[S+](CS)C1. The first kappa shape index (κ1) is 9.10. The summed E-state index contributed by atoms with van der Waals surface area (Å²) < 4.78 is 5.39. The molecule has 0 aromatic rings. The molecule has 0 aromatic heterocycles. The van der Waals surface area contributed by atoms with Crippen molar-refractivity contribution in [3.8, 4) is 0 Å². The van der Waals surface area contributed by atoms with E-state index < -0.39 is 0 Å². The second-order valence-electron chi connectivity index (χ2n) is 2.45. The number of ether oxygens (including phenoxy) is 1. The lowest BCUT2D eigenvalue weighted by atomic mass is 10.2. The molecule has 0 bridgehead atoms. The van der Waals surface area contributed by atoms with Crippen LogP contribution in [0.1, 0.15) is 0 Å². The number of hydrogen-bond acceptors (Lipinski definition) is 3. The quantitative estimate of drug-likeness (QED) is 0.496. The number of thiol groups is 2. The van der Waals surface area contributed by atoms with E-state index in [2.05, 4.69) is 25.3 Å². The molecule has 0 aromatic carbocycles. The van der Waals surface area contributed by atoms with Gasteiger partial charge in [-0.1, -0.05) is 0 Å². The van der Waals surface area contributed by atoms with Crippen LogP contribution in [-0.4, -0.2) is 29.1 Å². The van der Waals surface area contributed by atoms with Crippen molar-refractivity contribution in [2.45, 2.75) is 0 Å². The molecule has 1 saturated heterocycles. The smallest absolute Gasteiger partial charge is 0.208 e. The molecule has 0 amide bonds. The molecule has 1 aliphatic rings. The Labute approximate surface area is 76.1 Å². The average Bonchev–Trinajstić information content (AvgIpc) is 2.05.